The number of hydrogen-bond acceptors (Lipinski definition) is 2. The van der Waals surface area contributed by atoms with Crippen molar-refractivity contribution in [2.75, 3.05) is 12.8 Å². The van der Waals surface area contributed by atoms with Crippen molar-refractivity contribution in [1.29, 1.82) is 0 Å². The lowest BCUT2D eigenvalue weighted by atomic mass is 10.0. The molecule has 1 aromatic carbocycles. The van der Waals surface area contributed by atoms with Crippen LogP contribution in [0.3, 0.4) is 0 Å². The third kappa shape index (κ3) is 2.45. The SMILES string of the molecule is CSc1ccc(C(C)CN)cc1F. The maximum absolute atomic E-state index is 13.3. The predicted molar refractivity (Wildman–Crippen MR) is 55.7 cm³/mol. The molecule has 0 aliphatic rings. The number of benzene rings is 1. The second-order valence-corrected chi connectivity index (χ2v) is 3.88. The van der Waals surface area contributed by atoms with E-state index in [0.29, 0.717) is 11.4 Å². The topological polar surface area (TPSA) is 26.0 Å². The molecular formula is C10H14FNS. The molecule has 0 aliphatic heterocycles. The van der Waals surface area contributed by atoms with Crippen LogP contribution in [0.4, 0.5) is 4.39 Å². The number of thioether (sulfide) groups is 1. The molecule has 1 unspecified atom stereocenters. The van der Waals surface area contributed by atoms with Crippen LogP contribution in [0.2, 0.25) is 0 Å². The van der Waals surface area contributed by atoms with Crippen molar-refractivity contribution in [3.8, 4) is 0 Å². The Morgan fingerprint density at radius 2 is 2.23 bits per heavy atom. The molecule has 1 atom stereocenters. The molecule has 72 valence electrons. The third-order valence-corrected chi connectivity index (χ3v) is 2.87. The fraction of sp³-hybridized carbons (Fsp3) is 0.400. The van der Waals surface area contributed by atoms with Crippen LogP contribution in [0, 0.1) is 5.82 Å². The van der Waals surface area contributed by atoms with Crippen molar-refractivity contribution < 1.29 is 4.39 Å². The monoisotopic (exact) mass is 199 g/mol. The normalized spacial score (nSPS) is 12.9. The summed E-state index contributed by atoms with van der Waals surface area (Å²) >= 11 is 1.42. The van der Waals surface area contributed by atoms with Gasteiger partial charge in [-0.15, -0.1) is 11.8 Å². The number of rotatable bonds is 3. The Balaban J connectivity index is 2.95. The van der Waals surface area contributed by atoms with Gasteiger partial charge in [-0.3, -0.25) is 0 Å². The van der Waals surface area contributed by atoms with Gasteiger partial charge in [0.1, 0.15) is 5.82 Å². The van der Waals surface area contributed by atoms with Crippen molar-refractivity contribution in [1.82, 2.24) is 0 Å². The van der Waals surface area contributed by atoms with Crippen LogP contribution in [0.5, 0.6) is 0 Å². The number of hydrogen-bond donors (Lipinski definition) is 1. The van der Waals surface area contributed by atoms with Crippen LogP contribution in [0.25, 0.3) is 0 Å². The van der Waals surface area contributed by atoms with Crippen LogP contribution in [-0.2, 0) is 0 Å². The third-order valence-electron chi connectivity index (χ3n) is 2.10. The Bertz CT molecular complexity index is 288. The van der Waals surface area contributed by atoms with Gasteiger partial charge in [0.25, 0.3) is 0 Å². The minimum absolute atomic E-state index is 0.148. The molecule has 0 fully saturated rings. The molecule has 0 spiro atoms. The van der Waals surface area contributed by atoms with Gasteiger partial charge in [-0.1, -0.05) is 13.0 Å². The van der Waals surface area contributed by atoms with Crippen molar-refractivity contribution in [3.05, 3.63) is 29.6 Å². The quantitative estimate of drug-likeness (QED) is 0.757. The van der Waals surface area contributed by atoms with Crippen LogP contribution in [-0.4, -0.2) is 12.8 Å². The highest BCUT2D eigenvalue weighted by molar-refractivity contribution is 7.98. The molecule has 13 heavy (non-hydrogen) atoms. The number of nitrogens with two attached hydrogens (primary N) is 1. The van der Waals surface area contributed by atoms with E-state index in [2.05, 4.69) is 0 Å². The molecule has 0 radical (unpaired) electrons. The van der Waals surface area contributed by atoms with Gasteiger partial charge in [-0.05, 0) is 36.4 Å². The van der Waals surface area contributed by atoms with E-state index in [1.807, 2.05) is 25.3 Å². The standard InChI is InChI=1S/C10H14FNS/c1-7(6-12)8-3-4-10(13-2)9(11)5-8/h3-5,7H,6,12H2,1-2H3. The Morgan fingerprint density at radius 3 is 2.69 bits per heavy atom. The van der Waals surface area contributed by atoms with E-state index in [1.165, 1.54) is 11.8 Å². The second kappa shape index (κ2) is 4.63. The minimum atomic E-state index is -0.148. The smallest absolute Gasteiger partial charge is 0.137 e. The lowest BCUT2D eigenvalue weighted by Crippen LogP contribution is -2.09. The lowest BCUT2D eigenvalue weighted by Gasteiger charge is -2.09. The van der Waals surface area contributed by atoms with E-state index in [1.54, 1.807) is 6.07 Å². The molecule has 2 N–H and O–H groups in total. The fourth-order valence-electron chi connectivity index (χ4n) is 1.13. The van der Waals surface area contributed by atoms with E-state index in [4.69, 9.17) is 5.73 Å². The van der Waals surface area contributed by atoms with Crippen LogP contribution in [0.15, 0.2) is 23.1 Å². The Labute approximate surface area is 82.5 Å². The summed E-state index contributed by atoms with van der Waals surface area (Å²) in [5.74, 6) is 0.0794. The summed E-state index contributed by atoms with van der Waals surface area (Å²) in [4.78, 5) is 0.688. The Kier molecular flexibility index (Phi) is 3.75. The van der Waals surface area contributed by atoms with E-state index < -0.39 is 0 Å². The summed E-state index contributed by atoms with van der Waals surface area (Å²) in [5.41, 5.74) is 6.47. The minimum Gasteiger partial charge on any atom is -0.330 e. The first-order valence-corrected chi connectivity index (χ1v) is 5.45. The maximum Gasteiger partial charge on any atom is 0.137 e. The summed E-state index contributed by atoms with van der Waals surface area (Å²) < 4.78 is 13.3. The molecule has 1 aromatic rings. The van der Waals surface area contributed by atoms with Gasteiger partial charge in [-0.25, -0.2) is 4.39 Å². The van der Waals surface area contributed by atoms with E-state index in [-0.39, 0.29) is 11.7 Å². The first kappa shape index (κ1) is 10.5. The highest BCUT2D eigenvalue weighted by atomic mass is 32.2. The molecular weight excluding hydrogens is 185 g/mol. The zero-order valence-corrected chi connectivity index (χ0v) is 8.70. The predicted octanol–water partition coefficient (Wildman–Crippen LogP) is 2.61. The summed E-state index contributed by atoms with van der Waals surface area (Å²) in [5, 5.41) is 0. The van der Waals surface area contributed by atoms with Crippen molar-refractivity contribution in [3.63, 3.8) is 0 Å². The van der Waals surface area contributed by atoms with Gasteiger partial charge in [0.15, 0.2) is 0 Å². The summed E-state index contributed by atoms with van der Waals surface area (Å²) in [6.07, 6.45) is 1.87. The van der Waals surface area contributed by atoms with E-state index in [9.17, 15) is 4.39 Å². The fourth-order valence-corrected chi connectivity index (χ4v) is 1.58. The van der Waals surface area contributed by atoms with Crippen molar-refractivity contribution in [2.24, 2.45) is 5.73 Å². The molecule has 0 saturated carbocycles. The maximum atomic E-state index is 13.3. The molecule has 1 rings (SSSR count). The number of halogens is 1. The molecule has 3 heteroatoms. The van der Waals surface area contributed by atoms with Gasteiger partial charge >= 0.3 is 0 Å². The molecule has 0 aromatic heterocycles. The van der Waals surface area contributed by atoms with Gasteiger partial charge < -0.3 is 5.73 Å². The summed E-state index contributed by atoms with van der Waals surface area (Å²) in [6.45, 7) is 2.55. The van der Waals surface area contributed by atoms with Crippen molar-refractivity contribution >= 4 is 11.8 Å². The van der Waals surface area contributed by atoms with E-state index in [0.717, 1.165) is 5.56 Å². The summed E-state index contributed by atoms with van der Waals surface area (Å²) in [7, 11) is 0. The summed E-state index contributed by atoms with van der Waals surface area (Å²) in [6, 6.07) is 5.32. The Morgan fingerprint density at radius 1 is 1.54 bits per heavy atom. The molecule has 0 bridgehead atoms. The molecule has 0 amide bonds. The largest absolute Gasteiger partial charge is 0.330 e. The molecule has 0 heterocycles. The Hall–Kier alpha value is -0.540. The zero-order valence-electron chi connectivity index (χ0n) is 7.88. The second-order valence-electron chi connectivity index (χ2n) is 3.03. The van der Waals surface area contributed by atoms with E-state index >= 15 is 0 Å². The van der Waals surface area contributed by atoms with Gasteiger partial charge in [-0.2, -0.15) is 0 Å². The zero-order chi connectivity index (χ0) is 9.84. The van der Waals surface area contributed by atoms with Crippen LogP contribution < -0.4 is 5.73 Å². The molecule has 1 nitrogen and oxygen atoms in total. The first-order valence-electron chi connectivity index (χ1n) is 4.22. The van der Waals surface area contributed by atoms with Gasteiger partial charge in [0, 0.05) is 4.90 Å². The average Bonchev–Trinajstić information content (AvgIpc) is 2.16. The van der Waals surface area contributed by atoms with Crippen LogP contribution in [0.1, 0.15) is 18.4 Å². The highest BCUT2D eigenvalue weighted by Crippen LogP contribution is 2.23. The first-order chi connectivity index (χ1) is 6.19. The molecule has 0 saturated heterocycles. The van der Waals surface area contributed by atoms with Gasteiger partial charge in [0.05, 0.1) is 0 Å². The lowest BCUT2D eigenvalue weighted by molar-refractivity contribution is 0.596. The van der Waals surface area contributed by atoms with Gasteiger partial charge in [0.2, 0.25) is 0 Å². The highest BCUT2D eigenvalue weighted by Gasteiger charge is 2.06. The average molecular weight is 199 g/mol. The molecule has 0 aliphatic carbocycles. The van der Waals surface area contributed by atoms with Crippen LogP contribution >= 0.6 is 11.8 Å². The van der Waals surface area contributed by atoms with Crippen molar-refractivity contribution in [2.45, 2.75) is 17.7 Å².